The Kier molecular flexibility index (Phi) is 5.88. The van der Waals surface area contributed by atoms with Gasteiger partial charge in [-0.3, -0.25) is 4.79 Å². The highest BCUT2D eigenvalue weighted by Gasteiger charge is 2.04. The highest BCUT2D eigenvalue weighted by Crippen LogP contribution is 2.11. The van der Waals surface area contributed by atoms with E-state index in [4.69, 9.17) is 15.7 Å². The van der Waals surface area contributed by atoms with Crippen LogP contribution in [0.4, 0.5) is 0 Å². The lowest BCUT2D eigenvalue weighted by Crippen LogP contribution is -2.12. The Morgan fingerprint density at radius 1 is 1.53 bits per heavy atom. The molecule has 2 N–H and O–H groups in total. The molecule has 1 amide bonds. The highest BCUT2D eigenvalue weighted by atomic mass is 16.5. The maximum Gasteiger partial charge on any atom is 0.259 e. The zero-order valence-corrected chi connectivity index (χ0v) is 9.28. The van der Waals surface area contributed by atoms with Gasteiger partial charge < -0.3 is 10.5 Å². The van der Waals surface area contributed by atoms with Gasteiger partial charge >= 0.3 is 0 Å². The second-order valence-electron chi connectivity index (χ2n) is 3.21. The summed E-state index contributed by atoms with van der Waals surface area (Å²) in [6, 6.07) is 1.72. The van der Waals surface area contributed by atoms with Gasteiger partial charge in [-0.15, -0.1) is 0 Å². The third kappa shape index (κ3) is 4.87. The maximum absolute atomic E-state index is 10.7. The number of nitrogens with two attached hydrogens (primary N) is 1. The predicted molar refractivity (Wildman–Crippen MR) is 57.4 cm³/mol. The standard InChI is InChI=1S/C11H16N2O2/c1-4-15-10(8(2)3)6-5-9(7-12)11(13)14/h5-6,8H,4H2,1-3H3,(H2,13,14)/b9-5-,10-6-. The summed E-state index contributed by atoms with van der Waals surface area (Å²) >= 11 is 0. The minimum atomic E-state index is -0.728. The number of ether oxygens (including phenoxy) is 1. The molecule has 0 aromatic heterocycles. The summed E-state index contributed by atoms with van der Waals surface area (Å²) in [5, 5.41) is 8.59. The molecule has 0 aliphatic heterocycles. The normalized spacial score (nSPS) is 12.5. The molecular weight excluding hydrogens is 192 g/mol. The Labute approximate surface area is 90.0 Å². The number of hydrogen-bond donors (Lipinski definition) is 1. The molecule has 4 heteroatoms. The van der Waals surface area contributed by atoms with Crippen molar-refractivity contribution in [2.45, 2.75) is 20.8 Å². The molecule has 0 saturated heterocycles. The number of nitriles is 1. The fourth-order valence-corrected chi connectivity index (χ4v) is 0.914. The summed E-state index contributed by atoms with van der Waals surface area (Å²) in [5.74, 6) is 0.203. The van der Waals surface area contributed by atoms with E-state index in [0.717, 1.165) is 5.76 Å². The van der Waals surface area contributed by atoms with Crippen molar-refractivity contribution in [3.63, 3.8) is 0 Å². The second-order valence-corrected chi connectivity index (χ2v) is 3.21. The van der Waals surface area contributed by atoms with Crippen LogP contribution in [-0.4, -0.2) is 12.5 Å². The molecular formula is C11H16N2O2. The van der Waals surface area contributed by atoms with Crippen molar-refractivity contribution in [3.8, 4) is 6.07 Å². The first-order valence-corrected chi connectivity index (χ1v) is 4.77. The number of primary amides is 1. The largest absolute Gasteiger partial charge is 0.498 e. The van der Waals surface area contributed by atoms with Crippen molar-refractivity contribution in [1.29, 1.82) is 5.26 Å². The molecule has 15 heavy (non-hydrogen) atoms. The number of amides is 1. The van der Waals surface area contributed by atoms with Gasteiger partial charge in [0.1, 0.15) is 11.6 Å². The van der Waals surface area contributed by atoms with Crippen LogP contribution in [-0.2, 0) is 9.53 Å². The smallest absolute Gasteiger partial charge is 0.259 e. The fourth-order valence-electron chi connectivity index (χ4n) is 0.914. The third-order valence-electron chi connectivity index (χ3n) is 1.68. The van der Waals surface area contributed by atoms with E-state index in [1.807, 2.05) is 20.8 Å². The van der Waals surface area contributed by atoms with Crippen LogP contribution in [0, 0.1) is 17.2 Å². The van der Waals surface area contributed by atoms with E-state index in [2.05, 4.69) is 0 Å². The molecule has 0 aromatic rings. The number of allylic oxidation sites excluding steroid dienone is 3. The lowest BCUT2D eigenvalue weighted by molar-refractivity contribution is -0.114. The highest BCUT2D eigenvalue weighted by molar-refractivity contribution is 5.96. The first-order valence-electron chi connectivity index (χ1n) is 4.77. The van der Waals surface area contributed by atoms with Gasteiger partial charge in [0.2, 0.25) is 0 Å². The van der Waals surface area contributed by atoms with Gasteiger partial charge in [-0.2, -0.15) is 5.26 Å². The average Bonchev–Trinajstić information content (AvgIpc) is 2.16. The third-order valence-corrected chi connectivity index (χ3v) is 1.68. The molecule has 0 fully saturated rings. The summed E-state index contributed by atoms with van der Waals surface area (Å²) in [7, 11) is 0. The predicted octanol–water partition coefficient (Wildman–Crippen LogP) is 1.50. The lowest BCUT2D eigenvalue weighted by Gasteiger charge is -2.10. The molecule has 0 saturated carbocycles. The molecule has 0 aliphatic carbocycles. The molecule has 0 aliphatic rings. The minimum Gasteiger partial charge on any atom is -0.498 e. The van der Waals surface area contributed by atoms with Gasteiger partial charge in [-0.1, -0.05) is 13.8 Å². The first kappa shape index (κ1) is 13.2. The van der Waals surface area contributed by atoms with Crippen LogP contribution in [0.2, 0.25) is 0 Å². The van der Waals surface area contributed by atoms with Crippen LogP contribution in [0.15, 0.2) is 23.5 Å². The summed E-state index contributed by atoms with van der Waals surface area (Å²) in [5.41, 5.74) is 4.91. The zero-order valence-electron chi connectivity index (χ0n) is 9.28. The topological polar surface area (TPSA) is 76.1 Å². The summed E-state index contributed by atoms with van der Waals surface area (Å²) in [4.78, 5) is 10.7. The van der Waals surface area contributed by atoms with Crippen molar-refractivity contribution in [2.75, 3.05) is 6.61 Å². The van der Waals surface area contributed by atoms with E-state index in [1.54, 1.807) is 12.1 Å². The molecule has 0 aromatic carbocycles. The van der Waals surface area contributed by atoms with Gasteiger partial charge in [0.25, 0.3) is 5.91 Å². The molecule has 0 rings (SSSR count). The van der Waals surface area contributed by atoms with Crippen molar-refractivity contribution >= 4 is 5.91 Å². The average molecular weight is 208 g/mol. The van der Waals surface area contributed by atoms with Crippen molar-refractivity contribution in [2.24, 2.45) is 11.7 Å². The van der Waals surface area contributed by atoms with Crippen LogP contribution in [0.25, 0.3) is 0 Å². The molecule has 0 radical (unpaired) electrons. The summed E-state index contributed by atoms with van der Waals surface area (Å²) < 4.78 is 5.33. The van der Waals surface area contributed by atoms with Crippen LogP contribution >= 0.6 is 0 Å². The Hall–Kier alpha value is -1.76. The van der Waals surface area contributed by atoms with Crippen LogP contribution in [0.1, 0.15) is 20.8 Å². The molecule has 0 heterocycles. The quantitative estimate of drug-likeness (QED) is 0.322. The van der Waals surface area contributed by atoms with Crippen LogP contribution in [0.3, 0.4) is 0 Å². The number of rotatable bonds is 5. The lowest BCUT2D eigenvalue weighted by atomic mass is 10.1. The van der Waals surface area contributed by atoms with Gasteiger partial charge in [-0.05, 0) is 19.1 Å². The molecule has 0 atom stereocenters. The number of carbonyl (C=O) groups is 1. The number of hydrogen-bond acceptors (Lipinski definition) is 3. The maximum atomic E-state index is 10.7. The van der Waals surface area contributed by atoms with Crippen LogP contribution < -0.4 is 5.73 Å². The molecule has 0 spiro atoms. The molecule has 82 valence electrons. The van der Waals surface area contributed by atoms with E-state index in [-0.39, 0.29) is 11.5 Å². The fraction of sp³-hybridized carbons (Fsp3) is 0.455. The second kappa shape index (κ2) is 6.66. The molecule has 0 bridgehead atoms. The van der Waals surface area contributed by atoms with Gasteiger partial charge in [0, 0.05) is 5.92 Å². The van der Waals surface area contributed by atoms with Crippen molar-refractivity contribution < 1.29 is 9.53 Å². The SMILES string of the molecule is CCO/C(=C\C=C(\C#N)C(N)=O)C(C)C. The Morgan fingerprint density at radius 3 is 2.47 bits per heavy atom. The summed E-state index contributed by atoms with van der Waals surface area (Å²) in [6.07, 6.45) is 2.99. The van der Waals surface area contributed by atoms with Gasteiger partial charge in [0.15, 0.2) is 0 Å². The zero-order chi connectivity index (χ0) is 11.8. The van der Waals surface area contributed by atoms with Crippen molar-refractivity contribution in [1.82, 2.24) is 0 Å². The Balaban J connectivity index is 4.84. The van der Waals surface area contributed by atoms with E-state index < -0.39 is 5.91 Å². The minimum absolute atomic E-state index is 0.0761. The van der Waals surface area contributed by atoms with Gasteiger partial charge in [-0.25, -0.2) is 0 Å². The Morgan fingerprint density at radius 2 is 2.13 bits per heavy atom. The van der Waals surface area contributed by atoms with E-state index in [1.165, 1.54) is 6.08 Å². The molecule has 0 unspecified atom stereocenters. The number of carbonyl (C=O) groups excluding carboxylic acids is 1. The van der Waals surface area contributed by atoms with E-state index in [0.29, 0.717) is 6.61 Å². The summed E-state index contributed by atoms with van der Waals surface area (Å²) in [6.45, 7) is 6.35. The monoisotopic (exact) mass is 208 g/mol. The van der Waals surface area contributed by atoms with E-state index >= 15 is 0 Å². The number of nitrogens with zero attached hydrogens (tertiary/aromatic N) is 1. The first-order chi connectivity index (χ1) is 7.02. The van der Waals surface area contributed by atoms with Crippen LogP contribution in [0.5, 0.6) is 0 Å². The molecule has 4 nitrogen and oxygen atoms in total. The van der Waals surface area contributed by atoms with E-state index in [9.17, 15) is 4.79 Å². The van der Waals surface area contributed by atoms with Crippen molar-refractivity contribution in [3.05, 3.63) is 23.5 Å². The van der Waals surface area contributed by atoms with Gasteiger partial charge in [0.05, 0.1) is 12.4 Å². The Bertz CT molecular complexity index is 322.